The molecule has 0 aromatic heterocycles. The molecule has 0 amide bonds. The third-order valence-corrected chi connectivity index (χ3v) is 2.10. The molecule has 3 fully saturated rings. The lowest BCUT2D eigenvalue weighted by molar-refractivity contribution is -0.136. The maximum Gasteiger partial charge on any atom is 0.195 e. The van der Waals surface area contributed by atoms with Gasteiger partial charge in [0, 0.05) is 0 Å². The second-order valence-electron chi connectivity index (χ2n) is 2.75. The highest BCUT2D eigenvalue weighted by atomic mass is 16.8. The lowest BCUT2D eigenvalue weighted by atomic mass is 10.1. The second-order valence-corrected chi connectivity index (χ2v) is 2.75. The van der Waals surface area contributed by atoms with Gasteiger partial charge in [-0.1, -0.05) is 0 Å². The Labute approximate surface area is 57.0 Å². The summed E-state index contributed by atoms with van der Waals surface area (Å²) in [4.78, 5) is 11.1. The molecule has 3 aliphatic heterocycles. The van der Waals surface area contributed by atoms with E-state index in [1.807, 2.05) is 0 Å². The van der Waals surface area contributed by atoms with E-state index in [0.29, 0.717) is 6.61 Å². The van der Waals surface area contributed by atoms with Crippen molar-refractivity contribution in [2.24, 2.45) is 0 Å². The van der Waals surface area contributed by atoms with Crippen molar-refractivity contribution in [3.05, 3.63) is 0 Å². The molecule has 4 atom stereocenters. The third kappa shape index (κ3) is 0.460. The van der Waals surface area contributed by atoms with Gasteiger partial charge >= 0.3 is 0 Å². The molecular weight excluding hydrogens is 136 g/mol. The van der Waals surface area contributed by atoms with Gasteiger partial charge in [0.2, 0.25) is 0 Å². The van der Waals surface area contributed by atoms with Crippen LogP contribution >= 0.6 is 0 Å². The number of epoxide rings is 1. The Morgan fingerprint density at radius 3 is 3.20 bits per heavy atom. The first-order valence-corrected chi connectivity index (χ1v) is 3.32. The predicted molar refractivity (Wildman–Crippen MR) is 28.3 cm³/mol. The van der Waals surface area contributed by atoms with Gasteiger partial charge in [0.25, 0.3) is 0 Å². The molecule has 0 N–H and O–H groups in total. The Balaban J connectivity index is 1.98. The van der Waals surface area contributed by atoms with Gasteiger partial charge in [0.15, 0.2) is 18.2 Å². The zero-order valence-corrected chi connectivity index (χ0v) is 5.15. The molecule has 10 heavy (non-hydrogen) atoms. The number of hydrogen-bond donors (Lipinski definition) is 0. The molecule has 54 valence electrons. The van der Waals surface area contributed by atoms with Crippen molar-refractivity contribution in [3.63, 3.8) is 0 Å². The fraction of sp³-hybridized carbons (Fsp3) is 0.833. The van der Waals surface area contributed by atoms with E-state index in [1.54, 1.807) is 0 Å². The fourth-order valence-electron chi connectivity index (χ4n) is 1.49. The molecule has 0 aromatic rings. The first-order valence-electron chi connectivity index (χ1n) is 3.32. The van der Waals surface area contributed by atoms with Crippen LogP contribution in [0.5, 0.6) is 0 Å². The van der Waals surface area contributed by atoms with Gasteiger partial charge in [-0.2, -0.15) is 0 Å². The average molecular weight is 142 g/mol. The van der Waals surface area contributed by atoms with Gasteiger partial charge in [0.1, 0.15) is 12.2 Å². The van der Waals surface area contributed by atoms with Crippen molar-refractivity contribution >= 4 is 5.78 Å². The summed E-state index contributed by atoms with van der Waals surface area (Å²) in [5, 5.41) is 0. The van der Waals surface area contributed by atoms with E-state index in [4.69, 9.17) is 14.2 Å². The van der Waals surface area contributed by atoms with E-state index in [9.17, 15) is 4.79 Å². The van der Waals surface area contributed by atoms with Crippen molar-refractivity contribution in [1.82, 2.24) is 0 Å². The van der Waals surface area contributed by atoms with Crippen molar-refractivity contribution in [3.8, 4) is 0 Å². The minimum Gasteiger partial charge on any atom is -0.356 e. The molecule has 0 spiro atoms. The SMILES string of the molecule is O=C1[C@H]2COC(O2)[C@H]2O[C@@H]12. The number of carbonyl (C=O) groups is 1. The Morgan fingerprint density at radius 1 is 1.40 bits per heavy atom. The highest BCUT2D eigenvalue weighted by Crippen LogP contribution is 2.38. The van der Waals surface area contributed by atoms with Crippen LogP contribution in [0.2, 0.25) is 0 Å². The van der Waals surface area contributed by atoms with E-state index in [1.165, 1.54) is 0 Å². The summed E-state index contributed by atoms with van der Waals surface area (Å²) in [5.74, 6) is 0.0544. The van der Waals surface area contributed by atoms with Crippen LogP contribution in [0.25, 0.3) is 0 Å². The molecule has 2 bridgehead atoms. The maximum absolute atomic E-state index is 11.1. The first-order chi connectivity index (χ1) is 4.86. The van der Waals surface area contributed by atoms with Crippen LogP contribution in [0.1, 0.15) is 0 Å². The zero-order valence-electron chi connectivity index (χ0n) is 5.15. The van der Waals surface area contributed by atoms with Crippen LogP contribution in [0.3, 0.4) is 0 Å². The van der Waals surface area contributed by atoms with Crippen LogP contribution in [0, 0.1) is 0 Å². The summed E-state index contributed by atoms with van der Waals surface area (Å²) >= 11 is 0. The number of fused-ring (bicyclic) bond motifs is 4. The summed E-state index contributed by atoms with van der Waals surface area (Å²) in [6.07, 6.45) is -0.890. The lowest BCUT2D eigenvalue weighted by Gasteiger charge is -2.11. The van der Waals surface area contributed by atoms with E-state index in [-0.39, 0.29) is 30.4 Å². The van der Waals surface area contributed by atoms with Gasteiger partial charge in [0.05, 0.1) is 6.61 Å². The van der Waals surface area contributed by atoms with E-state index >= 15 is 0 Å². The molecule has 3 rings (SSSR count). The van der Waals surface area contributed by atoms with Crippen LogP contribution in [-0.4, -0.2) is 37.0 Å². The van der Waals surface area contributed by atoms with E-state index < -0.39 is 0 Å². The van der Waals surface area contributed by atoms with E-state index in [2.05, 4.69) is 0 Å². The van der Waals surface area contributed by atoms with Gasteiger partial charge in [-0.05, 0) is 0 Å². The minimum atomic E-state index is -0.339. The normalized spacial score (nSPS) is 56.6. The van der Waals surface area contributed by atoms with Gasteiger partial charge in [-0.3, -0.25) is 4.79 Å². The van der Waals surface area contributed by atoms with Gasteiger partial charge < -0.3 is 14.2 Å². The first kappa shape index (κ1) is 5.23. The molecule has 3 saturated heterocycles. The Kier molecular flexibility index (Phi) is 0.741. The molecule has 3 heterocycles. The monoisotopic (exact) mass is 142 g/mol. The highest BCUT2D eigenvalue weighted by Gasteiger charge is 2.61. The summed E-state index contributed by atoms with van der Waals surface area (Å²) in [7, 11) is 0. The quantitative estimate of drug-likeness (QED) is 0.410. The van der Waals surface area contributed by atoms with Crippen molar-refractivity contribution in [2.45, 2.75) is 24.6 Å². The smallest absolute Gasteiger partial charge is 0.195 e. The van der Waals surface area contributed by atoms with Crippen LogP contribution in [-0.2, 0) is 19.0 Å². The molecular formula is C6H6O4. The van der Waals surface area contributed by atoms with Crippen LogP contribution < -0.4 is 0 Å². The molecule has 0 radical (unpaired) electrons. The molecule has 4 nitrogen and oxygen atoms in total. The molecule has 3 aliphatic rings. The average Bonchev–Trinajstić information content (AvgIpc) is 2.61. The third-order valence-electron chi connectivity index (χ3n) is 2.10. The summed E-state index contributed by atoms with van der Waals surface area (Å²) in [6.45, 7) is 0.417. The number of ketones is 1. The van der Waals surface area contributed by atoms with Gasteiger partial charge in [-0.15, -0.1) is 0 Å². The number of carbonyl (C=O) groups excluding carboxylic acids is 1. The Bertz CT molecular complexity index is 202. The molecule has 1 unspecified atom stereocenters. The molecule has 4 heteroatoms. The topological polar surface area (TPSA) is 48.1 Å². The van der Waals surface area contributed by atoms with Crippen molar-refractivity contribution in [2.75, 3.05) is 6.61 Å². The summed E-state index contributed by atoms with van der Waals surface area (Å²) < 4.78 is 15.3. The number of hydrogen-bond acceptors (Lipinski definition) is 4. The minimum absolute atomic E-state index is 0.0544. The van der Waals surface area contributed by atoms with Crippen LogP contribution in [0.4, 0.5) is 0 Å². The number of ether oxygens (including phenoxy) is 3. The fourth-order valence-corrected chi connectivity index (χ4v) is 1.49. The van der Waals surface area contributed by atoms with E-state index in [0.717, 1.165) is 0 Å². The molecule has 0 aromatic carbocycles. The molecule has 0 saturated carbocycles. The number of Topliss-reactive ketones (excluding diaryl/α,β-unsaturated/α-hetero) is 1. The summed E-state index contributed by atoms with van der Waals surface area (Å²) in [5.41, 5.74) is 0. The van der Waals surface area contributed by atoms with Crippen molar-refractivity contribution in [1.29, 1.82) is 0 Å². The largest absolute Gasteiger partial charge is 0.356 e. The lowest BCUT2D eigenvalue weighted by Crippen LogP contribution is -2.35. The Morgan fingerprint density at radius 2 is 2.30 bits per heavy atom. The second kappa shape index (κ2) is 1.42. The van der Waals surface area contributed by atoms with Crippen LogP contribution in [0.15, 0.2) is 0 Å². The molecule has 0 aliphatic carbocycles. The summed E-state index contributed by atoms with van der Waals surface area (Å²) in [6, 6.07) is 0. The highest BCUT2D eigenvalue weighted by molar-refractivity contribution is 5.91. The maximum atomic E-state index is 11.1. The Hall–Kier alpha value is -0.450. The zero-order chi connectivity index (χ0) is 6.72. The number of rotatable bonds is 0. The van der Waals surface area contributed by atoms with Crippen molar-refractivity contribution < 1.29 is 19.0 Å². The standard InChI is InChI=1S/C6H6O4/c7-3-2-1-8-6(9-2)5-4(3)10-5/h2,4-6H,1H2/t2-,4+,5+,6?/m1/s1. The van der Waals surface area contributed by atoms with Gasteiger partial charge in [-0.25, -0.2) is 0 Å². The predicted octanol–water partition coefficient (Wildman–Crippen LogP) is -0.922.